The third-order valence-electron chi connectivity index (χ3n) is 5.40. The Balaban J connectivity index is 1.25. The number of nitrogens with zero attached hydrogens (tertiary/aromatic N) is 2. The molecule has 29 heavy (non-hydrogen) atoms. The van der Waals surface area contributed by atoms with Crippen LogP contribution in [0.25, 0.3) is 10.9 Å². The number of likely N-dealkylation sites (tertiary alicyclic amines) is 1. The van der Waals surface area contributed by atoms with Crippen LogP contribution in [-0.4, -0.2) is 54.6 Å². The maximum absolute atomic E-state index is 13.3. The molecule has 1 atom stereocenters. The van der Waals surface area contributed by atoms with E-state index in [2.05, 4.69) is 10.1 Å². The molecule has 1 fully saturated rings. The summed E-state index contributed by atoms with van der Waals surface area (Å²) in [4.78, 5) is 2.23. The van der Waals surface area contributed by atoms with Crippen LogP contribution in [0.1, 0.15) is 24.5 Å². The number of ether oxygens (including phenoxy) is 2. The van der Waals surface area contributed by atoms with Crippen LogP contribution in [0, 0.1) is 5.82 Å². The molecule has 6 nitrogen and oxygen atoms in total. The second-order valence-corrected chi connectivity index (χ2v) is 7.42. The molecule has 3 aromatic rings. The van der Waals surface area contributed by atoms with E-state index in [4.69, 9.17) is 14.0 Å². The Morgan fingerprint density at radius 1 is 1.17 bits per heavy atom. The van der Waals surface area contributed by atoms with Crippen LogP contribution < -0.4 is 9.47 Å². The summed E-state index contributed by atoms with van der Waals surface area (Å²) < 4.78 is 29.6. The summed E-state index contributed by atoms with van der Waals surface area (Å²) >= 11 is 0. The number of hydrogen-bond acceptors (Lipinski definition) is 6. The first-order valence-electron chi connectivity index (χ1n) is 9.84. The lowest BCUT2D eigenvalue weighted by molar-refractivity contribution is 0.0583. The molecule has 0 bridgehead atoms. The molecule has 7 heteroatoms. The summed E-state index contributed by atoms with van der Waals surface area (Å²) in [6.07, 6.45) is 1.25. The largest absolute Gasteiger partial charge is 0.497 e. The van der Waals surface area contributed by atoms with Crippen LogP contribution in [0.3, 0.4) is 0 Å². The quantitative estimate of drug-likeness (QED) is 0.654. The maximum atomic E-state index is 13.3. The van der Waals surface area contributed by atoms with Crippen molar-refractivity contribution in [3.05, 3.63) is 54.0 Å². The molecule has 154 valence electrons. The van der Waals surface area contributed by atoms with Crippen LogP contribution in [0.5, 0.6) is 11.5 Å². The summed E-state index contributed by atoms with van der Waals surface area (Å²) in [5.41, 5.74) is 0.563. The van der Waals surface area contributed by atoms with Gasteiger partial charge in [-0.3, -0.25) is 0 Å². The maximum Gasteiger partial charge on any atom is 0.147 e. The molecule has 1 aromatic heterocycles. The topological polar surface area (TPSA) is 68.0 Å². The molecule has 0 radical (unpaired) electrons. The highest BCUT2D eigenvalue weighted by Crippen LogP contribution is 2.33. The Labute approximate surface area is 168 Å². The zero-order valence-electron chi connectivity index (χ0n) is 16.4. The van der Waals surface area contributed by atoms with Crippen LogP contribution in [-0.2, 0) is 0 Å². The van der Waals surface area contributed by atoms with Crippen LogP contribution >= 0.6 is 0 Å². The fourth-order valence-corrected chi connectivity index (χ4v) is 3.82. The van der Waals surface area contributed by atoms with Crippen LogP contribution in [0.2, 0.25) is 0 Å². The summed E-state index contributed by atoms with van der Waals surface area (Å²) in [6, 6.07) is 11.9. The Bertz CT molecular complexity index is 936. The first-order chi connectivity index (χ1) is 14.1. The van der Waals surface area contributed by atoms with Crippen molar-refractivity contribution in [2.75, 3.05) is 33.4 Å². The van der Waals surface area contributed by atoms with E-state index in [0.717, 1.165) is 42.8 Å². The minimum Gasteiger partial charge on any atom is -0.497 e. The monoisotopic (exact) mass is 400 g/mol. The van der Waals surface area contributed by atoms with E-state index in [0.29, 0.717) is 17.8 Å². The number of aromatic nitrogens is 1. The van der Waals surface area contributed by atoms with Gasteiger partial charge in [0.2, 0.25) is 0 Å². The standard InChI is InChI=1S/C22H25FN2O4/c1-27-18-3-5-19(6-4-18)28-14-17(26)13-25-10-8-15(9-11-25)22-20-7-2-16(23)12-21(20)24-29-22/h2-7,12,15,17,26H,8-11,13-14H2,1H3. The fourth-order valence-electron chi connectivity index (χ4n) is 3.82. The average molecular weight is 400 g/mol. The molecule has 1 aliphatic rings. The molecule has 0 spiro atoms. The van der Waals surface area contributed by atoms with Gasteiger partial charge in [-0.05, 0) is 62.3 Å². The number of piperidine rings is 1. The first-order valence-corrected chi connectivity index (χ1v) is 9.84. The molecule has 0 amide bonds. The molecular weight excluding hydrogens is 375 g/mol. The molecule has 1 aliphatic heterocycles. The molecule has 1 saturated heterocycles. The van der Waals surface area contributed by atoms with Crippen molar-refractivity contribution in [1.29, 1.82) is 0 Å². The van der Waals surface area contributed by atoms with Crippen molar-refractivity contribution in [3.63, 3.8) is 0 Å². The third kappa shape index (κ3) is 4.68. The number of methoxy groups -OCH3 is 1. The van der Waals surface area contributed by atoms with Gasteiger partial charge in [-0.2, -0.15) is 0 Å². The van der Waals surface area contributed by atoms with Gasteiger partial charge in [0, 0.05) is 23.9 Å². The van der Waals surface area contributed by atoms with Crippen LogP contribution in [0.4, 0.5) is 4.39 Å². The molecule has 0 aliphatic carbocycles. The van der Waals surface area contributed by atoms with E-state index in [1.807, 2.05) is 24.3 Å². The van der Waals surface area contributed by atoms with Gasteiger partial charge in [-0.1, -0.05) is 5.16 Å². The number of halogens is 1. The molecule has 1 unspecified atom stereocenters. The number of hydrogen-bond donors (Lipinski definition) is 1. The SMILES string of the molecule is COc1ccc(OCC(O)CN2CCC(c3onc4cc(F)ccc34)CC2)cc1. The second-order valence-electron chi connectivity index (χ2n) is 7.42. The summed E-state index contributed by atoms with van der Waals surface area (Å²) in [5, 5.41) is 15.2. The predicted molar refractivity (Wildman–Crippen MR) is 107 cm³/mol. The van der Waals surface area contributed by atoms with Gasteiger partial charge in [0.1, 0.15) is 41.3 Å². The molecule has 2 aromatic carbocycles. The zero-order chi connectivity index (χ0) is 20.2. The summed E-state index contributed by atoms with van der Waals surface area (Å²) in [5.74, 6) is 2.26. The van der Waals surface area contributed by atoms with Crippen molar-refractivity contribution in [2.24, 2.45) is 0 Å². The smallest absolute Gasteiger partial charge is 0.147 e. The number of rotatable bonds is 7. The number of aliphatic hydroxyl groups excluding tert-OH is 1. The lowest BCUT2D eigenvalue weighted by atomic mass is 9.92. The molecule has 4 rings (SSSR count). The van der Waals surface area contributed by atoms with E-state index < -0.39 is 6.10 Å². The Hall–Kier alpha value is -2.64. The molecule has 0 saturated carbocycles. The van der Waals surface area contributed by atoms with Crippen LogP contribution in [0.15, 0.2) is 47.0 Å². The first kappa shape index (κ1) is 19.7. The highest BCUT2D eigenvalue weighted by atomic mass is 19.1. The van der Waals surface area contributed by atoms with Gasteiger partial charge in [-0.15, -0.1) is 0 Å². The number of β-amino-alcohol motifs (C(OH)–C–C–N with tert-alkyl or cyclic N) is 1. The van der Waals surface area contributed by atoms with Crippen molar-refractivity contribution >= 4 is 10.9 Å². The number of benzene rings is 2. The normalized spacial score (nSPS) is 16.8. The van der Waals surface area contributed by atoms with E-state index in [1.165, 1.54) is 12.1 Å². The van der Waals surface area contributed by atoms with Gasteiger partial charge in [0.25, 0.3) is 0 Å². The zero-order valence-corrected chi connectivity index (χ0v) is 16.4. The fraction of sp³-hybridized carbons (Fsp3) is 0.409. The minimum absolute atomic E-state index is 0.241. The van der Waals surface area contributed by atoms with Crippen molar-refractivity contribution in [2.45, 2.75) is 24.9 Å². The molecule has 1 N–H and O–H groups in total. The Morgan fingerprint density at radius 2 is 1.90 bits per heavy atom. The van der Waals surface area contributed by atoms with Gasteiger partial charge in [-0.25, -0.2) is 4.39 Å². The van der Waals surface area contributed by atoms with E-state index in [1.54, 1.807) is 13.2 Å². The Morgan fingerprint density at radius 3 is 2.62 bits per heavy atom. The van der Waals surface area contributed by atoms with Crippen molar-refractivity contribution < 1.29 is 23.5 Å². The number of aliphatic hydroxyl groups is 1. The highest BCUT2D eigenvalue weighted by molar-refractivity contribution is 5.80. The van der Waals surface area contributed by atoms with Crippen molar-refractivity contribution in [1.82, 2.24) is 10.1 Å². The summed E-state index contributed by atoms with van der Waals surface area (Å²) in [6.45, 7) is 2.51. The number of fused-ring (bicyclic) bond motifs is 1. The average Bonchev–Trinajstić information content (AvgIpc) is 3.16. The lowest BCUT2D eigenvalue weighted by Gasteiger charge is -2.32. The summed E-state index contributed by atoms with van der Waals surface area (Å²) in [7, 11) is 1.62. The van der Waals surface area contributed by atoms with Gasteiger partial charge < -0.3 is 24.0 Å². The minimum atomic E-state index is -0.567. The Kier molecular flexibility index (Phi) is 5.97. The van der Waals surface area contributed by atoms with E-state index in [-0.39, 0.29) is 18.3 Å². The molecular formula is C22H25FN2O4. The van der Waals surface area contributed by atoms with E-state index in [9.17, 15) is 9.50 Å². The lowest BCUT2D eigenvalue weighted by Crippen LogP contribution is -2.40. The van der Waals surface area contributed by atoms with Gasteiger partial charge in [0.15, 0.2) is 0 Å². The highest BCUT2D eigenvalue weighted by Gasteiger charge is 2.26. The predicted octanol–water partition coefficient (Wildman–Crippen LogP) is 3.59. The van der Waals surface area contributed by atoms with Gasteiger partial charge in [0.05, 0.1) is 7.11 Å². The van der Waals surface area contributed by atoms with E-state index >= 15 is 0 Å². The van der Waals surface area contributed by atoms with Crippen molar-refractivity contribution in [3.8, 4) is 11.5 Å². The molecule has 2 heterocycles. The second kappa shape index (κ2) is 8.80. The van der Waals surface area contributed by atoms with Gasteiger partial charge >= 0.3 is 0 Å². The third-order valence-corrected chi connectivity index (χ3v) is 5.40.